The zero-order chi connectivity index (χ0) is 25.7. The van der Waals surface area contributed by atoms with Crippen LogP contribution in [-0.2, 0) is 28.6 Å². The molecule has 0 radical (unpaired) electrons. The van der Waals surface area contributed by atoms with E-state index in [2.05, 4.69) is 0 Å². The van der Waals surface area contributed by atoms with Gasteiger partial charge < -0.3 is 24.2 Å². The van der Waals surface area contributed by atoms with E-state index in [0.717, 1.165) is 0 Å². The monoisotopic (exact) mass is 481 g/mol. The number of carbonyl (C=O) groups excluding carboxylic acids is 2. The quantitative estimate of drug-likeness (QED) is 0.527. The van der Waals surface area contributed by atoms with Crippen LogP contribution >= 0.6 is 0 Å². The van der Waals surface area contributed by atoms with Gasteiger partial charge in [-0.15, -0.1) is 0 Å². The summed E-state index contributed by atoms with van der Waals surface area (Å²) in [4.78, 5) is 38.4. The van der Waals surface area contributed by atoms with Crippen LogP contribution in [-0.4, -0.2) is 58.0 Å². The van der Waals surface area contributed by atoms with Crippen molar-refractivity contribution in [2.24, 2.45) is 0 Å². The van der Waals surface area contributed by atoms with Crippen molar-refractivity contribution >= 4 is 17.8 Å². The fraction of sp³-hybridized carbons (Fsp3) is 0.640. The van der Waals surface area contributed by atoms with Crippen LogP contribution in [0.2, 0.25) is 0 Å². The van der Waals surface area contributed by atoms with Crippen molar-refractivity contribution in [1.29, 1.82) is 0 Å². The molecule has 8 nitrogen and oxygen atoms in total. The Balaban J connectivity index is 2.15. The fourth-order valence-electron chi connectivity index (χ4n) is 4.08. The first-order valence-corrected chi connectivity index (χ1v) is 11.6. The first-order valence-electron chi connectivity index (χ1n) is 11.6. The van der Waals surface area contributed by atoms with E-state index in [1.165, 1.54) is 29.2 Å². The number of nitrogens with zero attached hydrogens (tertiary/aromatic N) is 1. The van der Waals surface area contributed by atoms with Crippen molar-refractivity contribution in [1.82, 2.24) is 4.90 Å². The minimum Gasteiger partial charge on any atom is -0.479 e. The Morgan fingerprint density at radius 2 is 1.76 bits per heavy atom. The standard InChI is InChI=1S/C25H36FNO7/c1-7-20(28)27(22(23(30)31)16-8-10-17(26)11-9-16)13-12-18-14-19(33-25(5,6)32-18)15-21(29)34-24(2,3)4/h8-11,18-19,22H,7,12-15H2,1-6H3,(H,30,31)/t18-,19-,22?/m1/s1. The lowest BCUT2D eigenvalue weighted by Gasteiger charge is -2.41. The number of carboxylic acids is 1. The Bertz CT molecular complexity index is 863. The minimum absolute atomic E-state index is 0.0610. The highest BCUT2D eigenvalue weighted by Gasteiger charge is 2.38. The second-order valence-electron chi connectivity index (χ2n) is 9.93. The third kappa shape index (κ3) is 8.36. The molecule has 0 aliphatic carbocycles. The molecule has 3 atom stereocenters. The third-order valence-corrected chi connectivity index (χ3v) is 5.29. The molecule has 0 aromatic heterocycles. The Morgan fingerprint density at radius 1 is 1.18 bits per heavy atom. The molecule has 1 heterocycles. The number of aliphatic carboxylic acids is 1. The fourth-order valence-corrected chi connectivity index (χ4v) is 4.08. The summed E-state index contributed by atoms with van der Waals surface area (Å²) in [5.41, 5.74) is -0.295. The summed E-state index contributed by atoms with van der Waals surface area (Å²) in [6, 6.07) is 3.83. The van der Waals surface area contributed by atoms with E-state index in [9.17, 15) is 23.9 Å². The summed E-state index contributed by atoms with van der Waals surface area (Å²) >= 11 is 0. The number of benzene rings is 1. The number of esters is 1. The molecule has 1 aliphatic rings. The average molecular weight is 482 g/mol. The smallest absolute Gasteiger partial charge is 0.331 e. The molecule has 190 valence electrons. The molecule has 0 bridgehead atoms. The number of hydrogen-bond donors (Lipinski definition) is 1. The van der Waals surface area contributed by atoms with E-state index >= 15 is 0 Å². The van der Waals surface area contributed by atoms with Crippen molar-refractivity contribution < 1.29 is 38.1 Å². The van der Waals surface area contributed by atoms with Gasteiger partial charge in [-0.05, 0) is 58.7 Å². The molecule has 1 aliphatic heterocycles. The van der Waals surface area contributed by atoms with Crippen LogP contribution in [0.4, 0.5) is 4.39 Å². The van der Waals surface area contributed by atoms with E-state index in [1.807, 2.05) is 0 Å². The number of rotatable bonds is 9. The number of halogens is 1. The van der Waals surface area contributed by atoms with Gasteiger partial charge in [0.25, 0.3) is 0 Å². The van der Waals surface area contributed by atoms with Gasteiger partial charge in [-0.2, -0.15) is 0 Å². The van der Waals surface area contributed by atoms with Crippen molar-refractivity contribution in [3.05, 3.63) is 35.6 Å². The van der Waals surface area contributed by atoms with Gasteiger partial charge in [0.15, 0.2) is 11.8 Å². The van der Waals surface area contributed by atoms with Gasteiger partial charge in [-0.25, -0.2) is 9.18 Å². The molecule has 1 amide bonds. The third-order valence-electron chi connectivity index (χ3n) is 5.29. The highest BCUT2D eigenvalue weighted by atomic mass is 19.1. The molecule has 1 fully saturated rings. The predicted molar refractivity (Wildman–Crippen MR) is 122 cm³/mol. The molecule has 1 N–H and O–H groups in total. The van der Waals surface area contributed by atoms with Crippen LogP contribution in [0.1, 0.15) is 78.8 Å². The molecule has 9 heteroatoms. The van der Waals surface area contributed by atoms with Crippen LogP contribution < -0.4 is 0 Å². The maximum absolute atomic E-state index is 13.4. The summed E-state index contributed by atoms with van der Waals surface area (Å²) < 4.78 is 30.7. The van der Waals surface area contributed by atoms with Gasteiger partial charge in [0.2, 0.25) is 5.91 Å². The Labute approximate surface area is 200 Å². The predicted octanol–water partition coefficient (Wildman–Crippen LogP) is 4.22. The summed E-state index contributed by atoms with van der Waals surface area (Å²) in [5, 5.41) is 9.87. The summed E-state index contributed by atoms with van der Waals surface area (Å²) in [7, 11) is 0. The van der Waals surface area contributed by atoms with Crippen molar-refractivity contribution in [2.75, 3.05) is 6.54 Å². The van der Waals surface area contributed by atoms with E-state index in [1.54, 1.807) is 41.5 Å². The van der Waals surface area contributed by atoms with Crippen LogP contribution in [0.3, 0.4) is 0 Å². The molecular weight excluding hydrogens is 445 g/mol. The van der Waals surface area contributed by atoms with Gasteiger partial charge in [0.1, 0.15) is 11.4 Å². The molecule has 34 heavy (non-hydrogen) atoms. The highest BCUT2D eigenvalue weighted by Crippen LogP contribution is 2.31. The van der Waals surface area contributed by atoms with Gasteiger partial charge in [-0.1, -0.05) is 19.1 Å². The second kappa shape index (κ2) is 11.3. The summed E-state index contributed by atoms with van der Waals surface area (Å²) in [5.74, 6) is -3.37. The maximum Gasteiger partial charge on any atom is 0.331 e. The minimum atomic E-state index is -1.25. The van der Waals surface area contributed by atoms with Gasteiger partial charge in [0.05, 0.1) is 18.6 Å². The van der Waals surface area contributed by atoms with Crippen molar-refractivity contribution in [3.8, 4) is 0 Å². The first-order chi connectivity index (χ1) is 15.7. The Kier molecular flexibility index (Phi) is 9.19. The van der Waals surface area contributed by atoms with Crippen LogP contribution in [0.25, 0.3) is 0 Å². The second-order valence-corrected chi connectivity index (χ2v) is 9.93. The number of hydrogen-bond acceptors (Lipinski definition) is 6. The van der Waals surface area contributed by atoms with Crippen LogP contribution in [0, 0.1) is 5.82 Å². The molecule has 1 unspecified atom stereocenters. The summed E-state index contributed by atoms with van der Waals surface area (Å²) in [6.45, 7) is 10.6. The Morgan fingerprint density at radius 3 is 2.29 bits per heavy atom. The van der Waals surface area contributed by atoms with Gasteiger partial charge >= 0.3 is 11.9 Å². The number of carbonyl (C=O) groups is 3. The van der Waals surface area contributed by atoms with Crippen molar-refractivity contribution in [2.45, 2.75) is 96.9 Å². The zero-order valence-electron chi connectivity index (χ0n) is 20.8. The number of carboxylic acid groups (broad SMARTS) is 1. The van der Waals surface area contributed by atoms with E-state index in [-0.39, 0.29) is 37.4 Å². The van der Waals surface area contributed by atoms with Gasteiger partial charge in [0, 0.05) is 19.4 Å². The SMILES string of the molecule is CCC(=O)N(CC[C@@H]1C[C@H](CC(=O)OC(C)(C)C)OC(C)(C)O1)C(C(=O)O)c1ccc(F)cc1. The number of ether oxygens (including phenoxy) is 3. The largest absolute Gasteiger partial charge is 0.479 e. The lowest BCUT2D eigenvalue weighted by Crippen LogP contribution is -2.47. The maximum atomic E-state index is 13.4. The van der Waals surface area contributed by atoms with Crippen LogP contribution in [0.5, 0.6) is 0 Å². The Hall–Kier alpha value is -2.52. The normalized spacial score (nSPS) is 20.9. The topological polar surface area (TPSA) is 102 Å². The van der Waals surface area contributed by atoms with E-state index in [4.69, 9.17) is 14.2 Å². The van der Waals surface area contributed by atoms with E-state index in [0.29, 0.717) is 18.4 Å². The molecule has 0 spiro atoms. The van der Waals surface area contributed by atoms with E-state index < -0.39 is 35.3 Å². The van der Waals surface area contributed by atoms with Crippen molar-refractivity contribution in [3.63, 3.8) is 0 Å². The number of amides is 1. The summed E-state index contributed by atoms with van der Waals surface area (Å²) in [6.07, 6.45) is 0.106. The lowest BCUT2D eigenvalue weighted by molar-refractivity contribution is -0.301. The lowest BCUT2D eigenvalue weighted by atomic mass is 10.0. The molecule has 1 aromatic carbocycles. The molecular formula is C25H36FNO7. The van der Waals surface area contributed by atoms with Gasteiger partial charge in [-0.3, -0.25) is 9.59 Å². The first kappa shape index (κ1) is 27.7. The molecule has 1 aromatic rings. The highest BCUT2D eigenvalue weighted by molar-refractivity contribution is 5.84. The molecule has 0 saturated carbocycles. The molecule has 1 saturated heterocycles. The average Bonchev–Trinajstić information content (AvgIpc) is 2.68. The molecule has 2 rings (SSSR count). The zero-order valence-corrected chi connectivity index (χ0v) is 20.8. The van der Waals surface area contributed by atoms with Crippen LogP contribution in [0.15, 0.2) is 24.3 Å².